The lowest BCUT2D eigenvalue weighted by Gasteiger charge is -2.21. The number of nitrogens with one attached hydrogen (secondary N) is 1. The molecule has 6 nitrogen and oxygen atoms in total. The van der Waals surface area contributed by atoms with Crippen molar-refractivity contribution < 1.29 is 18.3 Å². The Labute approximate surface area is 154 Å². The van der Waals surface area contributed by atoms with Gasteiger partial charge in [0.15, 0.2) is 0 Å². The molecule has 7 heteroatoms. The number of aromatic carboxylic acids is 1. The zero-order valence-corrected chi connectivity index (χ0v) is 16.0. The number of anilines is 2. The molecule has 0 heterocycles. The van der Waals surface area contributed by atoms with Gasteiger partial charge in [-0.25, -0.2) is 13.2 Å². The van der Waals surface area contributed by atoms with Crippen molar-refractivity contribution >= 4 is 27.4 Å². The number of carboxylic acids is 1. The van der Waals surface area contributed by atoms with Gasteiger partial charge < -0.3 is 10.0 Å². The number of benzene rings is 2. The average Bonchev–Trinajstić information content (AvgIpc) is 2.59. The number of nitrogens with zero attached hydrogens (tertiary/aromatic N) is 1. The van der Waals surface area contributed by atoms with E-state index in [-0.39, 0.29) is 16.1 Å². The first-order valence-electron chi connectivity index (χ1n) is 8.42. The minimum absolute atomic E-state index is 0.0630. The van der Waals surface area contributed by atoms with E-state index in [1.165, 1.54) is 12.1 Å². The highest BCUT2D eigenvalue weighted by Crippen LogP contribution is 2.26. The Kier molecular flexibility index (Phi) is 6.26. The molecule has 0 amide bonds. The second kappa shape index (κ2) is 8.23. The predicted molar refractivity (Wildman–Crippen MR) is 104 cm³/mol. The summed E-state index contributed by atoms with van der Waals surface area (Å²) in [6, 6.07) is 11.1. The highest BCUT2D eigenvalue weighted by Gasteiger charge is 2.18. The van der Waals surface area contributed by atoms with Gasteiger partial charge in [0.05, 0.1) is 16.1 Å². The molecule has 0 atom stereocenters. The Morgan fingerprint density at radius 1 is 1.19 bits per heavy atom. The van der Waals surface area contributed by atoms with Crippen LogP contribution in [0.25, 0.3) is 0 Å². The van der Waals surface area contributed by atoms with Crippen LogP contribution in [0.15, 0.2) is 47.4 Å². The molecular weight excluding hydrogens is 352 g/mol. The molecule has 26 heavy (non-hydrogen) atoms. The highest BCUT2D eigenvalue weighted by molar-refractivity contribution is 7.92. The molecular formula is C19H24N2O4S. The summed E-state index contributed by atoms with van der Waals surface area (Å²) < 4.78 is 27.5. The molecule has 0 radical (unpaired) electrons. The van der Waals surface area contributed by atoms with E-state index < -0.39 is 16.0 Å². The molecule has 0 fully saturated rings. The monoisotopic (exact) mass is 376 g/mol. The van der Waals surface area contributed by atoms with Crippen LogP contribution in [-0.2, 0) is 10.0 Å². The standard InChI is InChI=1S/C19H24N2O4S/c1-4-5-11-21(3)18-10-9-15(13-17(18)19(22)23)20-26(24,25)16-8-6-7-14(2)12-16/h6-10,12-13,20H,4-5,11H2,1-3H3,(H,22,23). The summed E-state index contributed by atoms with van der Waals surface area (Å²) >= 11 is 0. The number of hydrogen-bond donors (Lipinski definition) is 2. The predicted octanol–water partition coefficient (Wildman–Crippen LogP) is 3.73. The normalized spacial score (nSPS) is 11.2. The number of carbonyl (C=O) groups is 1. The van der Waals surface area contributed by atoms with Crippen LogP contribution in [0.4, 0.5) is 11.4 Å². The zero-order chi connectivity index (χ0) is 19.3. The fraction of sp³-hybridized carbons (Fsp3) is 0.316. The smallest absolute Gasteiger partial charge is 0.337 e. The second-order valence-corrected chi connectivity index (χ2v) is 7.92. The van der Waals surface area contributed by atoms with Crippen molar-refractivity contribution in [1.29, 1.82) is 0 Å². The van der Waals surface area contributed by atoms with Crippen molar-refractivity contribution in [2.75, 3.05) is 23.2 Å². The molecule has 0 spiro atoms. The Morgan fingerprint density at radius 3 is 2.54 bits per heavy atom. The van der Waals surface area contributed by atoms with Gasteiger partial charge in [-0.1, -0.05) is 25.5 Å². The number of unbranched alkanes of at least 4 members (excludes halogenated alkanes) is 1. The molecule has 2 N–H and O–H groups in total. The molecule has 0 aliphatic rings. The summed E-state index contributed by atoms with van der Waals surface area (Å²) in [5.41, 5.74) is 1.67. The Balaban J connectivity index is 2.33. The third kappa shape index (κ3) is 4.76. The van der Waals surface area contributed by atoms with Gasteiger partial charge in [-0.2, -0.15) is 0 Å². The van der Waals surface area contributed by atoms with E-state index in [9.17, 15) is 18.3 Å². The summed E-state index contributed by atoms with van der Waals surface area (Å²) in [5, 5.41) is 9.51. The van der Waals surface area contributed by atoms with E-state index in [1.54, 1.807) is 24.3 Å². The van der Waals surface area contributed by atoms with E-state index in [2.05, 4.69) is 11.6 Å². The van der Waals surface area contributed by atoms with Gasteiger partial charge >= 0.3 is 5.97 Å². The minimum atomic E-state index is -3.78. The van der Waals surface area contributed by atoms with Crippen molar-refractivity contribution in [3.05, 3.63) is 53.6 Å². The Morgan fingerprint density at radius 2 is 1.92 bits per heavy atom. The van der Waals surface area contributed by atoms with Crippen LogP contribution in [0.5, 0.6) is 0 Å². The van der Waals surface area contributed by atoms with E-state index in [0.717, 1.165) is 24.9 Å². The topological polar surface area (TPSA) is 86.7 Å². The molecule has 0 aliphatic carbocycles. The van der Waals surface area contributed by atoms with Crippen LogP contribution in [0.3, 0.4) is 0 Å². The molecule has 0 bridgehead atoms. The third-order valence-corrected chi connectivity index (χ3v) is 5.42. The first-order chi connectivity index (χ1) is 12.2. The number of rotatable bonds is 8. The lowest BCUT2D eigenvalue weighted by Crippen LogP contribution is -2.21. The number of hydrogen-bond acceptors (Lipinski definition) is 4. The van der Waals surface area contributed by atoms with Gasteiger partial charge in [-0.15, -0.1) is 0 Å². The first kappa shape index (κ1) is 19.8. The van der Waals surface area contributed by atoms with Crippen LogP contribution in [0.1, 0.15) is 35.7 Å². The van der Waals surface area contributed by atoms with Crippen LogP contribution >= 0.6 is 0 Å². The fourth-order valence-corrected chi connectivity index (χ4v) is 3.77. The van der Waals surface area contributed by atoms with Crippen molar-refractivity contribution in [2.45, 2.75) is 31.6 Å². The molecule has 0 aliphatic heterocycles. The second-order valence-electron chi connectivity index (χ2n) is 6.23. The largest absolute Gasteiger partial charge is 0.478 e. The van der Waals surface area contributed by atoms with E-state index in [0.29, 0.717) is 5.69 Å². The molecule has 2 rings (SSSR count). The van der Waals surface area contributed by atoms with Gasteiger partial charge in [0.25, 0.3) is 10.0 Å². The van der Waals surface area contributed by atoms with Crippen molar-refractivity contribution in [2.24, 2.45) is 0 Å². The molecule has 0 saturated carbocycles. The number of aryl methyl sites for hydroxylation is 1. The molecule has 0 unspecified atom stereocenters. The molecule has 2 aromatic carbocycles. The van der Waals surface area contributed by atoms with E-state index in [1.807, 2.05) is 24.9 Å². The fourth-order valence-electron chi connectivity index (χ4n) is 2.62. The SMILES string of the molecule is CCCCN(C)c1ccc(NS(=O)(=O)c2cccc(C)c2)cc1C(=O)O. The van der Waals surface area contributed by atoms with E-state index in [4.69, 9.17) is 0 Å². The van der Waals surface area contributed by atoms with E-state index >= 15 is 0 Å². The molecule has 2 aromatic rings. The molecule has 140 valence electrons. The van der Waals surface area contributed by atoms with Crippen LogP contribution in [-0.4, -0.2) is 33.1 Å². The first-order valence-corrected chi connectivity index (χ1v) is 9.91. The summed E-state index contributed by atoms with van der Waals surface area (Å²) in [5.74, 6) is -1.10. The van der Waals surface area contributed by atoms with Crippen molar-refractivity contribution in [3.8, 4) is 0 Å². The van der Waals surface area contributed by atoms with Gasteiger partial charge in [0, 0.05) is 19.3 Å². The van der Waals surface area contributed by atoms with Gasteiger partial charge in [0.1, 0.15) is 0 Å². The Hall–Kier alpha value is -2.54. The lowest BCUT2D eigenvalue weighted by atomic mass is 10.1. The summed E-state index contributed by atoms with van der Waals surface area (Å²) in [7, 11) is -1.95. The number of sulfonamides is 1. The van der Waals surface area contributed by atoms with Gasteiger partial charge in [0.2, 0.25) is 0 Å². The third-order valence-electron chi connectivity index (χ3n) is 4.04. The maximum absolute atomic E-state index is 12.5. The molecule has 0 aromatic heterocycles. The zero-order valence-electron chi connectivity index (χ0n) is 15.2. The molecule has 0 saturated heterocycles. The maximum Gasteiger partial charge on any atom is 0.337 e. The van der Waals surface area contributed by atoms with Crippen LogP contribution in [0.2, 0.25) is 0 Å². The summed E-state index contributed by atoms with van der Waals surface area (Å²) in [6.45, 7) is 4.60. The maximum atomic E-state index is 12.5. The lowest BCUT2D eigenvalue weighted by molar-refractivity contribution is 0.0697. The van der Waals surface area contributed by atoms with Crippen LogP contribution < -0.4 is 9.62 Å². The summed E-state index contributed by atoms with van der Waals surface area (Å²) in [6.07, 6.45) is 1.94. The van der Waals surface area contributed by atoms with Gasteiger partial charge in [-0.3, -0.25) is 4.72 Å². The quantitative estimate of drug-likeness (QED) is 0.733. The summed E-state index contributed by atoms with van der Waals surface area (Å²) in [4.78, 5) is 13.6. The van der Waals surface area contributed by atoms with Crippen LogP contribution in [0, 0.1) is 6.92 Å². The minimum Gasteiger partial charge on any atom is -0.478 e. The van der Waals surface area contributed by atoms with Crippen molar-refractivity contribution in [1.82, 2.24) is 0 Å². The average molecular weight is 376 g/mol. The Bertz CT molecular complexity index is 894. The van der Waals surface area contributed by atoms with Crippen molar-refractivity contribution in [3.63, 3.8) is 0 Å². The van der Waals surface area contributed by atoms with Gasteiger partial charge in [-0.05, 0) is 49.2 Å². The number of carboxylic acid groups (broad SMARTS) is 1. The highest BCUT2D eigenvalue weighted by atomic mass is 32.2.